The molecule has 2 aromatic carbocycles. The lowest BCUT2D eigenvalue weighted by atomic mass is 10.0. The van der Waals surface area contributed by atoms with Crippen molar-refractivity contribution in [3.05, 3.63) is 64.1 Å². The lowest BCUT2D eigenvalue weighted by Crippen LogP contribution is -2.43. The van der Waals surface area contributed by atoms with Gasteiger partial charge in [-0.1, -0.05) is 48.0 Å². The number of halogens is 1. The van der Waals surface area contributed by atoms with Crippen LogP contribution in [0.5, 0.6) is 5.75 Å². The van der Waals surface area contributed by atoms with Crippen LogP contribution >= 0.6 is 15.9 Å². The molecule has 2 amide bonds. The number of benzene rings is 2. The van der Waals surface area contributed by atoms with Crippen molar-refractivity contribution in [3.63, 3.8) is 0 Å². The van der Waals surface area contributed by atoms with E-state index in [1.807, 2.05) is 24.3 Å². The number of ether oxygens (including phenoxy) is 1. The van der Waals surface area contributed by atoms with E-state index in [9.17, 15) is 9.59 Å². The highest BCUT2D eigenvalue weighted by Gasteiger charge is 2.10. The van der Waals surface area contributed by atoms with Gasteiger partial charge in [0.2, 0.25) is 0 Å². The molecule has 0 atom stereocenters. The predicted molar refractivity (Wildman–Crippen MR) is 95.8 cm³/mol. The van der Waals surface area contributed by atoms with Crippen molar-refractivity contribution in [2.45, 2.75) is 19.8 Å². The summed E-state index contributed by atoms with van der Waals surface area (Å²) in [6, 6.07) is 14.4. The quantitative estimate of drug-likeness (QED) is 0.768. The van der Waals surface area contributed by atoms with Crippen LogP contribution in [0.2, 0.25) is 0 Å². The van der Waals surface area contributed by atoms with Crippen LogP contribution in [0, 0.1) is 0 Å². The molecule has 0 unspecified atom stereocenters. The number of amides is 2. The van der Waals surface area contributed by atoms with Crippen LogP contribution in [0.1, 0.15) is 35.7 Å². The number of carbonyl (C=O) groups excluding carboxylic acids is 2. The van der Waals surface area contributed by atoms with Crippen LogP contribution in [0.3, 0.4) is 0 Å². The highest BCUT2D eigenvalue weighted by atomic mass is 79.9. The van der Waals surface area contributed by atoms with Crippen molar-refractivity contribution >= 4 is 27.7 Å². The van der Waals surface area contributed by atoms with Crippen LogP contribution in [-0.4, -0.2) is 18.4 Å². The van der Waals surface area contributed by atoms with Crippen molar-refractivity contribution in [1.29, 1.82) is 0 Å². The molecular weight excluding hydrogens is 372 g/mol. The van der Waals surface area contributed by atoms with Gasteiger partial charge in [-0.15, -0.1) is 0 Å². The Bertz CT molecular complexity index is 714. The van der Waals surface area contributed by atoms with Crippen molar-refractivity contribution in [2.24, 2.45) is 0 Å². The second kappa shape index (κ2) is 8.49. The summed E-state index contributed by atoms with van der Waals surface area (Å²) in [6.07, 6.45) is 0. The summed E-state index contributed by atoms with van der Waals surface area (Å²) in [7, 11) is 0. The molecule has 0 aromatic heterocycles. The van der Waals surface area contributed by atoms with Crippen LogP contribution in [0.15, 0.2) is 53.0 Å². The zero-order chi connectivity index (χ0) is 17.5. The lowest BCUT2D eigenvalue weighted by molar-refractivity contribution is -0.123. The fourth-order valence-electron chi connectivity index (χ4n) is 2.07. The molecule has 0 saturated carbocycles. The van der Waals surface area contributed by atoms with E-state index >= 15 is 0 Å². The van der Waals surface area contributed by atoms with Crippen LogP contribution in [0.4, 0.5) is 0 Å². The van der Waals surface area contributed by atoms with Crippen molar-refractivity contribution in [2.75, 3.05) is 6.61 Å². The molecule has 0 bridgehead atoms. The Balaban J connectivity index is 1.84. The number of hydrogen-bond acceptors (Lipinski definition) is 3. The van der Waals surface area contributed by atoms with Gasteiger partial charge in [0.15, 0.2) is 6.61 Å². The minimum Gasteiger partial charge on any atom is -0.483 e. The minimum absolute atomic E-state index is 0.176. The van der Waals surface area contributed by atoms with E-state index in [1.165, 1.54) is 0 Å². The normalized spacial score (nSPS) is 10.3. The highest BCUT2D eigenvalue weighted by molar-refractivity contribution is 9.10. The van der Waals surface area contributed by atoms with E-state index in [0.29, 0.717) is 17.2 Å². The van der Waals surface area contributed by atoms with E-state index in [4.69, 9.17) is 4.74 Å². The molecule has 5 nitrogen and oxygen atoms in total. The average Bonchev–Trinajstić information content (AvgIpc) is 2.58. The predicted octanol–water partition coefficient (Wildman–Crippen LogP) is 3.41. The van der Waals surface area contributed by atoms with E-state index in [-0.39, 0.29) is 6.61 Å². The summed E-state index contributed by atoms with van der Waals surface area (Å²) in [6.45, 7) is 3.94. The van der Waals surface area contributed by atoms with Crippen molar-refractivity contribution in [3.8, 4) is 5.75 Å². The molecule has 0 radical (unpaired) electrons. The van der Waals surface area contributed by atoms with Gasteiger partial charge in [0.1, 0.15) is 5.75 Å². The topological polar surface area (TPSA) is 67.4 Å². The Morgan fingerprint density at radius 1 is 1.04 bits per heavy atom. The zero-order valence-electron chi connectivity index (χ0n) is 13.5. The molecule has 0 fully saturated rings. The third-order valence-electron chi connectivity index (χ3n) is 3.32. The molecule has 0 spiro atoms. The number of hydrogen-bond donors (Lipinski definition) is 2. The van der Waals surface area contributed by atoms with Gasteiger partial charge >= 0.3 is 0 Å². The molecule has 0 aliphatic rings. The zero-order valence-corrected chi connectivity index (χ0v) is 15.1. The Morgan fingerprint density at radius 3 is 2.38 bits per heavy atom. The van der Waals surface area contributed by atoms with Crippen molar-refractivity contribution in [1.82, 2.24) is 10.9 Å². The molecule has 2 aromatic rings. The summed E-state index contributed by atoms with van der Waals surface area (Å²) >= 11 is 3.30. The Labute approximate surface area is 149 Å². The van der Waals surface area contributed by atoms with E-state index < -0.39 is 11.8 Å². The maximum Gasteiger partial charge on any atom is 0.276 e. The molecule has 6 heteroatoms. The maximum atomic E-state index is 11.9. The van der Waals surface area contributed by atoms with E-state index in [1.54, 1.807) is 24.3 Å². The van der Waals surface area contributed by atoms with E-state index in [0.717, 1.165) is 10.0 Å². The second-order valence-corrected chi connectivity index (χ2v) is 6.41. The number of rotatable bonds is 5. The highest BCUT2D eigenvalue weighted by Crippen LogP contribution is 2.25. The molecule has 126 valence electrons. The van der Waals surface area contributed by atoms with E-state index in [2.05, 4.69) is 40.6 Å². The van der Waals surface area contributed by atoms with Crippen LogP contribution in [0.25, 0.3) is 0 Å². The summed E-state index contributed by atoms with van der Waals surface area (Å²) in [4.78, 5) is 23.7. The van der Waals surface area contributed by atoms with Gasteiger partial charge in [0, 0.05) is 10.0 Å². The molecule has 0 heterocycles. The number of para-hydroxylation sites is 1. The smallest absolute Gasteiger partial charge is 0.276 e. The SMILES string of the molecule is CC(C)c1ccccc1OCC(=O)NNC(=O)c1ccc(Br)cc1. The summed E-state index contributed by atoms with van der Waals surface area (Å²) in [5, 5.41) is 0. The first-order valence-corrected chi connectivity index (χ1v) is 8.33. The van der Waals surface area contributed by atoms with Crippen LogP contribution < -0.4 is 15.6 Å². The minimum atomic E-state index is -0.431. The average molecular weight is 391 g/mol. The first-order valence-electron chi connectivity index (χ1n) is 7.54. The van der Waals surface area contributed by atoms with Crippen LogP contribution in [-0.2, 0) is 4.79 Å². The monoisotopic (exact) mass is 390 g/mol. The number of nitrogens with one attached hydrogen (secondary N) is 2. The molecule has 2 rings (SSSR count). The molecule has 2 N–H and O–H groups in total. The van der Waals surface area contributed by atoms with Gasteiger partial charge in [-0.25, -0.2) is 0 Å². The van der Waals surface area contributed by atoms with Gasteiger partial charge in [-0.05, 0) is 41.8 Å². The number of hydrazine groups is 1. The fourth-order valence-corrected chi connectivity index (χ4v) is 2.33. The maximum absolute atomic E-state index is 11.9. The van der Waals surface area contributed by atoms with Crippen molar-refractivity contribution < 1.29 is 14.3 Å². The Hall–Kier alpha value is -2.34. The Morgan fingerprint density at radius 2 is 1.71 bits per heavy atom. The van der Waals surface area contributed by atoms with Gasteiger partial charge in [-0.3, -0.25) is 20.4 Å². The molecule has 24 heavy (non-hydrogen) atoms. The number of carbonyl (C=O) groups is 2. The summed E-state index contributed by atoms with van der Waals surface area (Å²) < 4.78 is 6.42. The first kappa shape index (κ1) is 18.0. The van der Waals surface area contributed by atoms with Gasteiger partial charge in [0.25, 0.3) is 11.8 Å². The third-order valence-corrected chi connectivity index (χ3v) is 3.85. The molecule has 0 aliphatic carbocycles. The van der Waals surface area contributed by atoms with Gasteiger partial charge < -0.3 is 4.74 Å². The lowest BCUT2D eigenvalue weighted by Gasteiger charge is -2.14. The molecule has 0 saturated heterocycles. The molecule has 0 aliphatic heterocycles. The Kier molecular flexibility index (Phi) is 6.37. The summed E-state index contributed by atoms with van der Waals surface area (Å²) in [5.74, 6) is 0.140. The fraction of sp³-hybridized carbons (Fsp3) is 0.222. The largest absolute Gasteiger partial charge is 0.483 e. The van der Waals surface area contributed by atoms with Gasteiger partial charge in [0.05, 0.1) is 0 Å². The first-order chi connectivity index (χ1) is 11.5. The second-order valence-electron chi connectivity index (χ2n) is 5.49. The molecular formula is C18H19BrN2O3. The third kappa shape index (κ3) is 5.09. The van der Waals surface area contributed by atoms with Gasteiger partial charge in [-0.2, -0.15) is 0 Å². The summed E-state index contributed by atoms with van der Waals surface area (Å²) in [5.41, 5.74) is 6.18. The standard InChI is InChI=1S/C18H19BrN2O3/c1-12(2)15-5-3-4-6-16(15)24-11-17(22)20-21-18(23)13-7-9-14(19)10-8-13/h3-10,12H,11H2,1-2H3,(H,20,22)(H,21,23).